The fourth-order valence-corrected chi connectivity index (χ4v) is 9.28. The highest BCUT2D eigenvalue weighted by atomic mass is 16.5. The minimum absolute atomic E-state index is 0.0885. The first-order valence-electron chi connectivity index (χ1n) is 15.0. The Balaban J connectivity index is 1.12. The van der Waals surface area contributed by atoms with Crippen molar-refractivity contribution in [2.75, 3.05) is 26.8 Å². The Morgan fingerprint density at radius 1 is 1.08 bits per heavy atom. The van der Waals surface area contributed by atoms with Crippen LogP contribution in [-0.4, -0.2) is 53.4 Å². The number of ether oxygens (including phenoxy) is 1. The monoisotopic (exact) mass is 512 g/mol. The third kappa shape index (κ3) is 3.93. The molecule has 1 N–H and O–H groups in total. The third-order valence-corrected chi connectivity index (χ3v) is 11.5. The lowest BCUT2D eigenvalue weighted by Gasteiger charge is -2.49. The summed E-state index contributed by atoms with van der Waals surface area (Å²) in [5.74, 6) is 1.40. The summed E-state index contributed by atoms with van der Waals surface area (Å²) in [7, 11) is 2.32. The van der Waals surface area contributed by atoms with Gasteiger partial charge in [0.1, 0.15) is 0 Å². The lowest BCUT2D eigenvalue weighted by molar-refractivity contribution is -0.117. The van der Waals surface area contributed by atoms with E-state index in [-0.39, 0.29) is 5.41 Å². The van der Waals surface area contributed by atoms with Crippen LogP contribution in [0.25, 0.3) is 10.8 Å². The van der Waals surface area contributed by atoms with Gasteiger partial charge in [0.15, 0.2) is 0 Å². The predicted molar refractivity (Wildman–Crippen MR) is 153 cm³/mol. The molecule has 1 aromatic carbocycles. The molecular formula is C34H44N2O2. The van der Waals surface area contributed by atoms with Crippen molar-refractivity contribution in [3.05, 3.63) is 65.5 Å². The van der Waals surface area contributed by atoms with E-state index in [0.29, 0.717) is 29.2 Å². The van der Waals surface area contributed by atoms with Crippen LogP contribution < -0.4 is 0 Å². The van der Waals surface area contributed by atoms with Gasteiger partial charge in [-0.25, -0.2) is 0 Å². The fourth-order valence-electron chi connectivity index (χ4n) is 9.28. The molecule has 38 heavy (non-hydrogen) atoms. The van der Waals surface area contributed by atoms with Crippen LogP contribution in [0.5, 0.6) is 0 Å². The second-order valence-corrected chi connectivity index (χ2v) is 14.1. The smallest absolute Gasteiger partial charge is 0.0927 e. The number of aromatic nitrogens is 1. The SMILES string of the molecule is CN(CC1(C)COC1)C1CCC2=CC3=CCC4(C)C(c5ccc6ccncc6c5)CCC4[C@@]3(O)CCC2C1. The molecule has 2 aromatic rings. The molecule has 2 heterocycles. The average Bonchev–Trinajstić information content (AvgIpc) is 3.19. The molecule has 4 heteroatoms. The molecule has 2 saturated carbocycles. The Hall–Kier alpha value is -2.01. The van der Waals surface area contributed by atoms with Gasteiger partial charge in [-0.1, -0.05) is 43.7 Å². The van der Waals surface area contributed by atoms with Crippen LogP contribution in [0.2, 0.25) is 0 Å². The van der Waals surface area contributed by atoms with E-state index in [1.165, 1.54) is 41.2 Å². The normalized spacial score (nSPS) is 37.9. The molecule has 0 radical (unpaired) electrons. The van der Waals surface area contributed by atoms with Gasteiger partial charge in [-0.15, -0.1) is 0 Å². The van der Waals surface area contributed by atoms with Crippen molar-refractivity contribution in [3.8, 4) is 0 Å². The molecule has 5 unspecified atom stereocenters. The van der Waals surface area contributed by atoms with Gasteiger partial charge in [0.05, 0.1) is 18.8 Å². The number of rotatable bonds is 4. The molecule has 7 rings (SSSR count). The van der Waals surface area contributed by atoms with Crippen LogP contribution >= 0.6 is 0 Å². The zero-order valence-corrected chi connectivity index (χ0v) is 23.5. The number of allylic oxidation sites excluding steroid dienone is 2. The highest BCUT2D eigenvalue weighted by Crippen LogP contribution is 2.64. The van der Waals surface area contributed by atoms with Crippen molar-refractivity contribution in [1.82, 2.24) is 9.88 Å². The minimum Gasteiger partial charge on any atom is -0.385 e. The first-order valence-corrected chi connectivity index (χ1v) is 15.0. The summed E-state index contributed by atoms with van der Waals surface area (Å²) >= 11 is 0. The lowest BCUT2D eigenvalue weighted by Crippen LogP contribution is -2.51. The summed E-state index contributed by atoms with van der Waals surface area (Å²) < 4.78 is 5.52. The summed E-state index contributed by atoms with van der Waals surface area (Å²) in [6.07, 6.45) is 17.8. The van der Waals surface area contributed by atoms with E-state index in [1.807, 2.05) is 12.4 Å². The first kappa shape index (κ1) is 25.0. The maximum Gasteiger partial charge on any atom is 0.0927 e. The lowest BCUT2D eigenvalue weighted by atomic mass is 9.58. The maximum absolute atomic E-state index is 12.5. The van der Waals surface area contributed by atoms with Crippen LogP contribution in [0.4, 0.5) is 0 Å². The number of pyridine rings is 1. The van der Waals surface area contributed by atoms with Crippen LogP contribution in [0.1, 0.15) is 76.7 Å². The summed E-state index contributed by atoms with van der Waals surface area (Å²) in [5, 5.41) is 15.0. The molecule has 3 fully saturated rings. The Morgan fingerprint density at radius 2 is 1.95 bits per heavy atom. The van der Waals surface area contributed by atoms with Crippen molar-refractivity contribution < 1.29 is 9.84 Å². The molecule has 0 bridgehead atoms. The fraction of sp³-hybridized carbons (Fsp3) is 0.618. The Bertz CT molecular complexity index is 1290. The second-order valence-electron chi connectivity index (χ2n) is 14.1. The molecule has 0 amide bonds. The number of benzene rings is 1. The van der Waals surface area contributed by atoms with Crippen LogP contribution in [0.15, 0.2) is 60.0 Å². The van der Waals surface area contributed by atoms with E-state index in [9.17, 15) is 5.11 Å². The number of nitrogens with zero attached hydrogens (tertiary/aromatic N) is 2. The second kappa shape index (κ2) is 9.01. The highest BCUT2D eigenvalue weighted by Gasteiger charge is 2.58. The van der Waals surface area contributed by atoms with Gasteiger partial charge >= 0.3 is 0 Å². The maximum atomic E-state index is 12.5. The molecule has 1 aliphatic heterocycles. The summed E-state index contributed by atoms with van der Waals surface area (Å²) in [5.41, 5.74) is 4.00. The molecule has 6 atom stereocenters. The summed E-state index contributed by atoms with van der Waals surface area (Å²) in [6, 6.07) is 9.69. The Labute approximate surface area is 228 Å². The number of aliphatic hydroxyl groups is 1. The predicted octanol–water partition coefficient (Wildman–Crippen LogP) is 6.65. The van der Waals surface area contributed by atoms with Crippen molar-refractivity contribution in [1.29, 1.82) is 0 Å². The molecule has 1 aromatic heterocycles. The summed E-state index contributed by atoms with van der Waals surface area (Å²) in [6.45, 7) is 7.76. The zero-order valence-electron chi connectivity index (χ0n) is 23.5. The average molecular weight is 513 g/mol. The molecular weight excluding hydrogens is 468 g/mol. The molecule has 202 valence electrons. The van der Waals surface area contributed by atoms with Crippen molar-refractivity contribution >= 4 is 10.8 Å². The Kier molecular flexibility index (Phi) is 5.92. The first-order chi connectivity index (χ1) is 18.3. The van der Waals surface area contributed by atoms with Gasteiger partial charge in [0.2, 0.25) is 0 Å². The van der Waals surface area contributed by atoms with Gasteiger partial charge in [-0.2, -0.15) is 0 Å². The number of hydrogen-bond acceptors (Lipinski definition) is 4. The quantitative estimate of drug-likeness (QED) is 0.498. The number of hydrogen-bond donors (Lipinski definition) is 1. The van der Waals surface area contributed by atoms with E-state index in [1.54, 1.807) is 5.57 Å². The van der Waals surface area contributed by atoms with E-state index in [0.717, 1.165) is 51.9 Å². The van der Waals surface area contributed by atoms with Crippen molar-refractivity contribution in [3.63, 3.8) is 0 Å². The molecule has 4 aliphatic carbocycles. The molecule has 5 aliphatic rings. The minimum atomic E-state index is -0.692. The van der Waals surface area contributed by atoms with Crippen LogP contribution in [0, 0.1) is 22.7 Å². The van der Waals surface area contributed by atoms with Crippen LogP contribution in [0.3, 0.4) is 0 Å². The van der Waals surface area contributed by atoms with Crippen molar-refractivity contribution in [2.45, 2.75) is 82.8 Å². The summed E-state index contributed by atoms with van der Waals surface area (Å²) in [4.78, 5) is 6.98. The zero-order chi connectivity index (χ0) is 26.1. The van der Waals surface area contributed by atoms with Gasteiger partial charge < -0.3 is 14.7 Å². The van der Waals surface area contributed by atoms with Gasteiger partial charge in [0.25, 0.3) is 0 Å². The van der Waals surface area contributed by atoms with E-state index >= 15 is 0 Å². The van der Waals surface area contributed by atoms with Gasteiger partial charge in [-0.05, 0) is 110 Å². The largest absolute Gasteiger partial charge is 0.385 e. The Morgan fingerprint density at radius 3 is 2.76 bits per heavy atom. The van der Waals surface area contributed by atoms with E-state index < -0.39 is 5.60 Å². The van der Waals surface area contributed by atoms with E-state index in [2.05, 4.69) is 67.2 Å². The van der Waals surface area contributed by atoms with Crippen molar-refractivity contribution in [2.24, 2.45) is 22.7 Å². The molecule has 4 nitrogen and oxygen atoms in total. The highest BCUT2D eigenvalue weighted by molar-refractivity contribution is 5.82. The molecule has 0 spiro atoms. The topological polar surface area (TPSA) is 45.6 Å². The standard InChI is InChI=1S/C34H44N2O2/c1-32(21-38-22-32)20-36(3)29-7-6-24-17-28-11-13-33(2)30(26-5-4-23-12-15-35-19-27(23)16-26)8-9-31(33)34(28,37)14-10-25(24)18-29/h4-5,11-12,15-17,19,25,29-31,37H,6-10,13-14,18,20-22H2,1-3H3/t25?,29?,30?,31?,33?,34-/m1/s1. The van der Waals surface area contributed by atoms with Gasteiger partial charge in [0, 0.05) is 35.8 Å². The number of fused-ring (bicyclic) bond motifs is 5. The molecule has 1 saturated heterocycles. The third-order valence-electron chi connectivity index (χ3n) is 11.5. The van der Waals surface area contributed by atoms with E-state index in [4.69, 9.17) is 4.74 Å². The van der Waals surface area contributed by atoms with Gasteiger partial charge in [-0.3, -0.25) is 4.98 Å². The van der Waals surface area contributed by atoms with Crippen LogP contribution in [-0.2, 0) is 4.74 Å².